The van der Waals surface area contributed by atoms with Crippen LogP contribution in [0.15, 0.2) is 12.3 Å². The summed E-state index contributed by atoms with van der Waals surface area (Å²) in [5.41, 5.74) is 0. The van der Waals surface area contributed by atoms with Crippen LogP contribution in [0, 0.1) is 5.92 Å². The zero-order valence-electron chi connectivity index (χ0n) is 8.43. The molecule has 0 aromatic carbocycles. The molecule has 1 saturated heterocycles. The number of hydrogen-bond acceptors (Lipinski definition) is 4. The number of piperidine rings is 1. The first-order valence-electron chi connectivity index (χ1n) is 5.14. The molecule has 0 bridgehead atoms. The molecular weight excluding hydrogens is 214 g/mol. The van der Waals surface area contributed by atoms with E-state index in [-0.39, 0.29) is 11.9 Å². The van der Waals surface area contributed by atoms with Gasteiger partial charge in [-0.3, -0.25) is 0 Å². The van der Waals surface area contributed by atoms with Crippen LogP contribution in [0.5, 0.6) is 0 Å². The fourth-order valence-electron chi connectivity index (χ4n) is 1.92. The molecule has 1 aliphatic rings. The monoisotopic (exact) mass is 227 g/mol. The van der Waals surface area contributed by atoms with Crippen LogP contribution in [0.2, 0.25) is 5.28 Å². The molecule has 0 aliphatic carbocycles. The Balaban J connectivity index is 2.09. The van der Waals surface area contributed by atoms with Crippen molar-refractivity contribution in [2.24, 2.45) is 5.92 Å². The SMILES string of the molecule is OC[C@@H]1CCCN(c2ccnc(Cl)n2)C1. The Morgan fingerprint density at radius 2 is 2.47 bits per heavy atom. The molecule has 1 N–H and O–H groups in total. The maximum Gasteiger partial charge on any atom is 0.224 e. The first-order valence-corrected chi connectivity index (χ1v) is 5.52. The molecule has 1 fully saturated rings. The number of anilines is 1. The van der Waals surface area contributed by atoms with Gasteiger partial charge in [-0.1, -0.05) is 0 Å². The highest BCUT2D eigenvalue weighted by Crippen LogP contribution is 2.21. The average molecular weight is 228 g/mol. The number of nitrogens with zero attached hydrogens (tertiary/aromatic N) is 3. The van der Waals surface area contributed by atoms with Gasteiger partial charge < -0.3 is 10.0 Å². The van der Waals surface area contributed by atoms with Crippen LogP contribution in [0.3, 0.4) is 0 Å². The van der Waals surface area contributed by atoms with Gasteiger partial charge in [0.1, 0.15) is 5.82 Å². The highest BCUT2D eigenvalue weighted by Gasteiger charge is 2.20. The van der Waals surface area contributed by atoms with Crippen molar-refractivity contribution < 1.29 is 5.11 Å². The number of aliphatic hydroxyl groups is 1. The van der Waals surface area contributed by atoms with Gasteiger partial charge in [-0.25, -0.2) is 9.97 Å². The van der Waals surface area contributed by atoms with Gasteiger partial charge in [-0.15, -0.1) is 0 Å². The van der Waals surface area contributed by atoms with Gasteiger partial charge in [0, 0.05) is 25.9 Å². The van der Waals surface area contributed by atoms with E-state index < -0.39 is 0 Å². The molecule has 1 aromatic heterocycles. The van der Waals surface area contributed by atoms with E-state index in [4.69, 9.17) is 16.7 Å². The molecule has 0 saturated carbocycles. The molecule has 2 rings (SSSR count). The molecule has 5 heteroatoms. The van der Waals surface area contributed by atoms with E-state index in [2.05, 4.69) is 14.9 Å². The topological polar surface area (TPSA) is 49.2 Å². The standard InChI is InChI=1S/C10H14ClN3O/c11-10-12-4-3-9(13-10)14-5-1-2-8(6-14)7-15/h3-4,8,15H,1-2,5-7H2/t8-/m1/s1. The highest BCUT2D eigenvalue weighted by molar-refractivity contribution is 6.28. The summed E-state index contributed by atoms with van der Waals surface area (Å²) in [6.45, 7) is 2.07. The third-order valence-electron chi connectivity index (χ3n) is 2.71. The summed E-state index contributed by atoms with van der Waals surface area (Å²) in [4.78, 5) is 10.2. The van der Waals surface area contributed by atoms with Crippen LogP contribution in [0.25, 0.3) is 0 Å². The second-order valence-electron chi connectivity index (χ2n) is 3.82. The van der Waals surface area contributed by atoms with Crippen LogP contribution in [-0.2, 0) is 0 Å². The van der Waals surface area contributed by atoms with E-state index in [1.165, 1.54) is 0 Å². The molecule has 4 nitrogen and oxygen atoms in total. The number of halogens is 1. The predicted octanol–water partition coefficient (Wildman–Crippen LogP) is 1.34. The van der Waals surface area contributed by atoms with Crippen LogP contribution in [0.1, 0.15) is 12.8 Å². The van der Waals surface area contributed by atoms with Gasteiger partial charge in [0.2, 0.25) is 5.28 Å². The molecule has 1 atom stereocenters. The minimum Gasteiger partial charge on any atom is -0.396 e. The third-order valence-corrected chi connectivity index (χ3v) is 2.89. The van der Waals surface area contributed by atoms with E-state index in [0.29, 0.717) is 5.92 Å². The first kappa shape index (κ1) is 10.6. The van der Waals surface area contributed by atoms with E-state index in [0.717, 1.165) is 31.7 Å². The first-order chi connectivity index (χ1) is 7.29. The Morgan fingerprint density at radius 1 is 1.60 bits per heavy atom. The summed E-state index contributed by atoms with van der Waals surface area (Å²) in [6.07, 6.45) is 3.84. The Labute approximate surface area is 93.9 Å². The Morgan fingerprint density at radius 3 is 3.20 bits per heavy atom. The lowest BCUT2D eigenvalue weighted by Crippen LogP contribution is -2.37. The second-order valence-corrected chi connectivity index (χ2v) is 4.16. The zero-order valence-corrected chi connectivity index (χ0v) is 9.19. The molecule has 15 heavy (non-hydrogen) atoms. The molecular formula is C10H14ClN3O. The van der Waals surface area contributed by atoms with Crippen LogP contribution < -0.4 is 4.90 Å². The van der Waals surface area contributed by atoms with Gasteiger partial charge in [-0.05, 0) is 36.4 Å². The largest absolute Gasteiger partial charge is 0.396 e. The number of aromatic nitrogens is 2. The van der Waals surface area contributed by atoms with Crippen molar-refractivity contribution in [3.63, 3.8) is 0 Å². The summed E-state index contributed by atoms with van der Waals surface area (Å²) in [6, 6.07) is 1.85. The fraction of sp³-hybridized carbons (Fsp3) is 0.600. The lowest BCUT2D eigenvalue weighted by Gasteiger charge is -2.32. The third kappa shape index (κ3) is 2.58. The molecule has 1 aliphatic heterocycles. The van der Waals surface area contributed by atoms with Crippen molar-refractivity contribution in [1.82, 2.24) is 9.97 Å². The van der Waals surface area contributed by atoms with E-state index in [9.17, 15) is 0 Å². The summed E-state index contributed by atoms with van der Waals surface area (Å²) >= 11 is 5.74. The fourth-order valence-corrected chi connectivity index (χ4v) is 2.07. The van der Waals surface area contributed by atoms with Crippen molar-refractivity contribution in [3.8, 4) is 0 Å². The number of hydrogen-bond donors (Lipinski definition) is 1. The maximum atomic E-state index is 9.12. The Bertz CT molecular complexity index is 334. The molecule has 1 aromatic rings. The smallest absolute Gasteiger partial charge is 0.224 e. The summed E-state index contributed by atoms with van der Waals surface area (Å²) in [5, 5.41) is 9.40. The summed E-state index contributed by atoms with van der Waals surface area (Å²) in [7, 11) is 0. The van der Waals surface area contributed by atoms with Crippen molar-refractivity contribution in [1.29, 1.82) is 0 Å². The van der Waals surface area contributed by atoms with Gasteiger partial charge in [-0.2, -0.15) is 0 Å². The van der Waals surface area contributed by atoms with Crippen molar-refractivity contribution >= 4 is 17.4 Å². The average Bonchev–Trinajstić information content (AvgIpc) is 2.29. The molecule has 0 radical (unpaired) electrons. The molecule has 0 amide bonds. The summed E-state index contributed by atoms with van der Waals surface area (Å²) in [5.74, 6) is 1.21. The van der Waals surface area contributed by atoms with E-state index in [1.54, 1.807) is 6.20 Å². The van der Waals surface area contributed by atoms with Crippen molar-refractivity contribution in [3.05, 3.63) is 17.5 Å². The van der Waals surface area contributed by atoms with Crippen LogP contribution >= 0.6 is 11.6 Å². The summed E-state index contributed by atoms with van der Waals surface area (Å²) < 4.78 is 0. The minimum absolute atomic E-state index is 0.245. The number of aliphatic hydroxyl groups excluding tert-OH is 1. The lowest BCUT2D eigenvalue weighted by molar-refractivity contribution is 0.208. The van der Waals surface area contributed by atoms with E-state index >= 15 is 0 Å². The normalized spacial score (nSPS) is 21.7. The van der Waals surface area contributed by atoms with Gasteiger partial charge >= 0.3 is 0 Å². The second kappa shape index (κ2) is 4.77. The van der Waals surface area contributed by atoms with Gasteiger partial charge in [0.15, 0.2) is 0 Å². The minimum atomic E-state index is 0.245. The predicted molar refractivity (Wildman–Crippen MR) is 59.1 cm³/mol. The van der Waals surface area contributed by atoms with Crippen molar-refractivity contribution in [2.45, 2.75) is 12.8 Å². The molecule has 0 unspecified atom stereocenters. The molecule has 2 heterocycles. The maximum absolute atomic E-state index is 9.12. The van der Waals surface area contributed by atoms with Crippen LogP contribution in [0.4, 0.5) is 5.82 Å². The van der Waals surface area contributed by atoms with Gasteiger partial charge in [0.25, 0.3) is 0 Å². The Kier molecular flexibility index (Phi) is 3.38. The quantitative estimate of drug-likeness (QED) is 0.775. The van der Waals surface area contributed by atoms with Gasteiger partial charge in [0.05, 0.1) is 0 Å². The number of rotatable bonds is 2. The molecule has 0 spiro atoms. The lowest BCUT2D eigenvalue weighted by atomic mass is 9.99. The highest BCUT2D eigenvalue weighted by atomic mass is 35.5. The van der Waals surface area contributed by atoms with Crippen LogP contribution in [-0.4, -0.2) is 34.8 Å². The molecule has 82 valence electrons. The van der Waals surface area contributed by atoms with E-state index in [1.807, 2.05) is 6.07 Å². The Hall–Kier alpha value is -0.870. The zero-order chi connectivity index (χ0) is 10.7. The van der Waals surface area contributed by atoms with Crippen molar-refractivity contribution in [2.75, 3.05) is 24.6 Å².